The van der Waals surface area contributed by atoms with Crippen LogP contribution in [0.3, 0.4) is 0 Å². The Bertz CT molecular complexity index is 451. The monoisotopic (exact) mass is 291 g/mol. The molecule has 1 aromatic heterocycles. The third-order valence-corrected chi connectivity index (χ3v) is 5.37. The Labute approximate surface area is 127 Å². The van der Waals surface area contributed by atoms with Crippen LogP contribution in [0.1, 0.15) is 95.2 Å². The first-order chi connectivity index (χ1) is 10.2. The zero-order valence-electron chi connectivity index (χ0n) is 13.3. The van der Waals surface area contributed by atoms with Gasteiger partial charge in [0.25, 0.3) is 0 Å². The van der Waals surface area contributed by atoms with Crippen molar-refractivity contribution in [1.29, 1.82) is 0 Å². The number of hydrogen-bond donors (Lipinski definition) is 1. The third-order valence-electron chi connectivity index (χ3n) is 5.37. The molecule has 2 aliphatic carbocycles. The molecular formula is C17H29N3O. The maximum absolute atomic E-state index is 6.58. The molecule has 4 heteroatoms. The van der Waals surface area contributed by atoms with Crippen LogP contribution in [0.25, 0.3) is 0 Å². The SMILES string of the molecule is CC1CCCC(N)(c2noc(C3CCCCCCC3)n2)C1. The van der Waals surface area contributed by atoms with Crippen LogP contribution in [0.4, 0.5) is 0 Å². The first kappa shape index (κ1) is 15.0. The normalized spacial score (nSPS) is 32.6. The minimum Gasteiger partial charge on any atom is -0.339 e. The summed E-state index contributed by atoms with van der Waals surface area (Å²) in [5.74, 6) is 2.71. The molecule has 2 fully saturated rings. The van der Waals surface area contributed by atoms with Crippen LogP contribution in [-0.4, -0.2) is 10.1 Å². The highest BCUT2D eigenvalue weighted by atomic mass is 16.5. The van der Waals surface area contributed by atoms with Crippen LogP contribution in [0.15, 0.2) is 4.52 Å². The molecule has 3 rings (SSSR count). The Kier molecular flexibility index (Phi) is 4.63. The molecule has 0 amide bonds. The van der Waals surface area contributed by atoms with Gasteiger partial charge in [0.2, 0.25) is 5.89 Å². The van der Waals surface area contributed by atoms with Crippen LogP contribution in [0.2, 0.25) is 0 Å². The summed E-state index contributed by atoms with van der Waals surface area (Å²) >= 11 is 0. The predicted molar refractivity (Wildman–Crippen MR) is 82.9 cm³/mol. The van der Waals surface area contributed by atoms with Gasteiger partial charge in [0, 0.05) is 5.92 Å². The zero-order valence-corrected chi connectivity index (χ0v) is 13.3. The number of aromatic nitrogens is 2. The van der Waals surface area contributed by atoms with E-state index in [1.165, 1.54) is 57.8 Å². The van der Waals surface area contributed by atoms with E-state index >= 15 is 0 Å². The van der Waals surface area contributed by atoms with E-state index in [0.29, 0.717) is 11.8 Å². The molecule has 0 radical (unpaired) electrons. The maximum Gasteiger partial charge on any atom is 0.229 e. The second-order valence-electron chi connectivity index (χ2n) is 7.36. The van der Waals surface area contributed by atoms with Crippen molar-refractivity contribution in [2.24, 2.45) is 11.7 Å². The average molecular weight is 291 g/mol. The van der Waals surface area contributed by atoms with Gasteiger partial charge in [0.15, 0.2) is 5.82 Å². The molecule has 4 nitrogen and oxygen atoms in total. The van der Waals surface area contributed by atoms with E-state index in [-0.39, 0.29) is 5.54 Å². The van der Waals surface area contributed by atoms with E-state index in [2.05, 4.69) is 12.1 Å². The second kappa shape index (κ2) is 6.47. The smallest absolute Gasteiger partial charge is 0.229 e. The van der Waals surface area contributed by atoms with Gasteiger partial charge in [-0.2, -0.15) is 4.98 Å². The van der Waals surface area contributed by atoms with Gasteiger partial charge in [-0.3, -0.25) is 0 Å². The Morgan fingerprint density at radius 2 is 1.76 bits per heavy atom. The fraction of sp³-hybridized carbons (Fsp3) is 0.882. The van der Waals surface area contributed by atoms with Crippen LogP contribution >= 0.6 is 0 Å². The minimum absolute atomic E-state index is 0.360. The Balaban J connectivity index is 1.72. The van der Waals surface area contributed by atoms with E-state index < -0.39 is 0 Å². The molecule has 0 saturated heterocycles. The fourth-order valence-electron chi connectivity index (χ4n) is 4.10. The van der Waals surface area contributed by atoms with Gasteiger partial charge in [-0.25, -0.2) is 0 Å². The summed E-state index contributed by atoms with van der Waals surface area (Å²) < 4.78 is 5.61. The molecule has 0 bridgehead atoms. The summed E-state index contributed by atoms with van der Waals surface area (Å²) in [6, 6.07) is 0. The summed E-state index contributed by atoms with van der Waals surface area (Å²) in [5.41, 5.74) is 6.22. The van der Waals surface area contributed by atoms with E-state index in [1.807, 2.05) is 0 Å². The van der Waals surface area contributed by atoms with Crippen molar-refractivity contribution in [3.05, 3.63) is 11.7 Å². The Morgan fingerprint density at radius 3 is 2.48 bits per heavy atom. The lowest BCUT2D eigenvalue weighted by Crippen LogP contribution is -2.42. The summed E-state index contributed by atoms with van der Waals surface area (Å²) in [5, 5.41) is 4.26. The third kappa shape index (κ3) is 3.47. The van der Waals surface area contributed by atoms with Gasteiger partial charge < -0.3 is 10.3 Å². The van der Waals surface area contributed by atoms with Crippen molar-refractivity contribution in [3.63, 3.8) is 0 Å². The Hall–Kier alpha value is -0.900. The molecule has 2 saturated carbocycles. The van der Waals surface area contributed by atoms with Gasteiger partial charge in [-0.05, 0) is 31.6 Å². The molecule has 0 aliphatic heterocycles. The lowest BCUT2D eigenvalue weighted by molar-refractivity contribution is 0.221. The molecule has 2 unspecified atom stereocenters. The lowest BCUT2D eigenvalue weighted by atomic mass is 9.76. The van der Waals surface area contributed by atoms with E-state index in [4.69, 9.17) is 15.2 Å². The van der Waals surface area contributed by atoms with E-state index in [1.54, 1.807) is 0 Å². The molecular weight excluding hydrogens is 262 g/mol. The van der Waals surface area contributed by atoms with Crippen molar-refractivity contribution in [2.75, 3.05) is 0 Å². The van der Waals surface area contributed by atoms with Crippen molar-refractivity contribution in [2.45, 2.75) is 89.0 Å². The molecule has 0 aromatic carbocycles. The van der Waals surface area contributed by atoms with Crippen LogP contribution in [0.5, 0.6) is 0 Å². The largest absolute Gasteiger partial charge is 0.339 e. The number of hydrogen-bond acceptors (Lipinski definition) is 4. The second-order valence-corrected chi connectivity index (χ2v) is 7.36. The van der Waals surface area contributed by atoms with Gasteiger partial charge in [0.05, 0.1) is 5.54 Å². The van der Waals surface area contributed by atoms with Crippen molar-refractivity contribution in [1.82, 2.24) is 10.1 Å². The molecule has 21 heavy (non-hydrogen) atoms. The zero-order chi connectivity index (χ0) is 14.7. The number of rotatable bonds is 2. The molecule has 1 heterocycles. The van der Waals surface area contributed by atoms with E-state index in [9.17, 15) is 0 Å². The summed E-state index contributed by atoms with van der Waals surface area (Å²) in [6.07, 6.45) is 13.4. The fourth-order valence-corrected chi connectivity index (χ4v) is 4.10. The first-order valence-electron chi connectivity index (χ1n) is 8.80. The summed E-state index contributed by atoms with van der Waals surface area (Å²) in [6.45, 7) is 2.27. The van der Waals surface area contributed by atoms with Crippen LogP contribution in [0, 0.1) is 5.92 Å². The maximum atomic E-state index is 6.58. The average Bonchev–Trinajstić information content (AvgIpc) is 2.88. The molecule has 2 atom stereocenters. The van der Waals surface area contributed by atoms with Gasteiger partial charge >= 0.3 is 0 Å². The predicted octanol–water partition coefficient (Wildman–Crippen LogP) is 4.26. The quantitative estimate of drug-likeness (QED) is 0.884. The molecule has 0 spiro atoms. The van der Waals surface area contributed by atoms with Crippen molar-refractivity contribution >= 4 is 0 Å². The van der Waals surface area contributed by atoms with Gasteiger partial charge in [-0.15, -0.1) is 0 Å². The van der Waals surface area contributed by atoms with Gasteiger partial charge in [-0.1, -0.05) is 57.0 Å². The van der Waals surface area contributed by atoms with E-state index in [0.717, 1.165) is 24.6 Å². The molecule has 1 aromatic rings. The Morgan fingerprint density at radius 1 is 1.05 bits per heavy atom. The van der Waals surface area contributed by atoms with Crippen molar-refractivity contribution < 1.29 is 4.52 Å². The highest BCUT2D eigenvalue weighted by Crippen LogP contribution is 2.37. The summed E-state index contributed by atoms with van der Waals surface area (Å²) in [7, 11) is 0. The number of nitrogens with zero attached hydrogens (tertiary/aromatic N) is 2. The molecule has 2 aliphatic rings. The minimum atomic E-state index is -0.360. The van der Waals surface area contributed by atoms with Crippen molar-refractivity contribution in [3.8, 4) is 0 Å². The van der Waals surface area contributed by atoms with Gasteiger partial charge in [0.1, 0.15) is 0 Å². The summed E-state index contributed by atoms with van der Waals surface area (Å²) in [4.78, 5) is 4.73. The highest BCUT2D eigenvalue weighted by Gasteiger charge is 2.37. The standard InChI is InChI=1S/C17H29N3O/c1-13-8-7-11-17(18,12-13)16-19-15(21-20-16)14-9-5-3-2-4-6-10-14/h13-14H,2-12,18H2,1H3. The first-order valence-corrected chi connectivity index (χ1v) is 8.80. The van der Waals surface area contributed by atoms with Crippen LogP contribution in [-0.2, 0) is 5.54 Å². The highest BCUT2D eigenvalue weighted by molar-refractivity contribution is 5.07. The molecule has 2 N–H and O–H groups in total. The topological polar surface area (TPSA) is 64.9 Å². The molecule has 118 valence electrons. The van der Waals surface area contributed by atoms with Crippen LogP contribution < -0.4 is 5.73 Å². The number of nitrogens with two attached hydrogens (primary N) is 1. The lowest BCUT2D eigenvalue weighted by Gasteiger charge is -2.33.